The molecule has 8 heteroatoms. The highest BCUT2D eigenvalue weighted by Gasteiger charge is 1.89. The van der Waals surface area contributed by atoms with Crippen molar-refractivity contribution in [2.75, 3.05) is 5.43 Å². The lowest BCUT2D eigenvalue weighted by Gasteiger charge is -2.03. The predicted octanol–water partition coefficient (Wildman–Crippen LogP) is 1.27. The Kier molecular flexibility index (Phi) is 10.3. The van der Waals surface area contributed by atoms with E-state index in [-0.39, 0.29) is 12.6 Å². The number of hydrazine groups is 1. The summed E-state index contributed by atoms with van der Waals surface area (Å²) in [5.74, 6) is 0.601. The molecule has 0 aromatic carbocycles. The summed E-state index contributed by atoms with van der Waals surface area (Å²) < 4.78 is 0. The zero-order valence-corrected chi connectivity index (χ0v) is 9.18. The minimum Gasteiger partial charge on any atom is -0.487 e. The average Bonchev–Trinajstić information content (AvgIpc) is 2.15. The quantitative estimate of drug-likeness (QED) is 0.401. The number of pyridine rings is 1. The van der Waals surface area contributed by atoms with Crippen molar-refractivity contribution >= 4 is 40.6 Å². The molecule has 16 heavy (non-hydrogen) atoms. The van der Waals surface area contributed by atoms with E-state index in [1.165, 1.54) is 0 Å². The van der Waals surface area contributed by atoms with Gasteiger partial charge in [0.2, 0.25) is 0 Å². The van der Waals surface area contributed by atoms with Crippen molar-refractivity contribution in [3.8, 4) is 0 Å². The van der Waals surface area contributed by atoms with Crippen LogP contribution in [0.1, 0.15) is 7.43 Å². The third-order valence-electron chi connectivity index (χ3n) is 0.962. The summed E-state index contributed by atoms with van der Waals surface area (Å²) in [5.41, 5.74) is 9.33. The van der Waals surface area contributed by atoms with Crippen LogP contribution < -0.4 is 16.6 Å². The molecule has 0 aliphatic rings. The summed E-state index contributed by atoms with van der Waals surface area (Å²) in [6.45, 7) is 0. The monoisotopic (exact) mass is 262 g/mol. The van der Waals surface area contributed by atoms with Crippen molar-refractivity contribution in [1.82, 2.24) is 10.4 Å². The predicted molar refractivity (Wildman–Crippen MR) is 72.4 cm³/mol. The molecule has 1 aromatic heterocycles. The van der Waals surface area contributed by atoms with Gasteiger partial charge in [0.05, 0.1) is 0 Å². The minimum atomic E-state index is -0.500. The van der Waals surface area contributed by atoms with Crippen LogP contribution in [0.15, 0.2) is 24.4 Å². The molecule has 0 fully saturated rings. The third-order valence-corrected chi connectivity index (χ3v) is 1.06. The lowest BCUT2D eigenvalue weighted by atomic mass is 10.5. The molecule has 1 aromatic rings. The van der Waals surface area contributed by atoms with Gasteiger partial charge in [-0.2, -0.15) is 0 Å². The van der Waals surface area contributed by atoms with Gasteiger partial charge in [0.25, 0.3) is 10.3 Å². The van der Waals surface area contributed by atoms with Gasteiger partial charge in [-0.3, -0.25) is 10.9 Å². The fraction of sp³-hybridized carbons (Fsp3) is 0.125. The molecule has 1 heterocycles. The molecule has 90 valence electrons. The number of rotatable bonds is 2. The maximum Gasteiger partial charge on any atom is 0.273 e. The van der Waals surface area contributed by atoms with Gasteiger partial charge in [-0.1, -0.05) is 13.5 Å². The summed E-state index contributed by atoms with van der Waals surface area (Å²) in [5, 5.41) is 15.3. The van der Waals surface area contributed by atoms with E-state index in [2.05, 4.69) is 46.0 Å². The first-order valence-corrected chi connectivity index (χ1v) is 4.48. The number of nitrogens with one attached hydrogen (secondary N) is 2. The van der Waals surface area contributed by atoms with Crippen LogP contribution in [0.25, 0.3) is 0 Å². The first-order valence-electron chi connectivity index (χ1n) is 3.66. The number of aromatic nitrogens is 1. The van der Waals surface area contributed by atoms with Crippen molar-refractivity contribution in [2.24, 2.45) is 5.73 Å². The molecular weight excluding hydrogens is 248 g/mol. The molecular formula is C8H14N4O2S2. The standard InChI is InChI=1S/C6H7N3OS.CH3NOS.CH4/c10-6(11)9-8-5-3-1-2-4-7-5;2-1(3)4;/h1-4H,(H,7,8)(H2,9,10,11);(H3,2,3,4);1H4. The van der Waals surface area contributed by atoms with Crippen LogP contribution in [0, 0.1) is 0 Å². The maximum atomic E-state index is 8.54. The van der Waals surface area contributed by atoms with Crippen LogP contribution in [0.5, 0.6) is 0 Å². The highest BCUT2D eigenvalue weighted by Crippen LogP contribution is 1.96. The van der Waals surface area contributed by atoms with E-state index < -0.39 is 5.17 Å². The number of aliphatic hydroxyl groups excluding tert-OH is 2. The van der Waals surface area contributed by atoms with Gasteiger partial charge in [0, 0.05) is 6.20 Å². The van der Waals surface area contributed by atoms with Gasteiger partial charge in [0.1, 0.15) is 5.82 Å². The maximum absolute atomic E-state index is 8.54. The van der Waals surface area contributed by atoms with E-state index in [0.717, 1.165) is 0 Å². The Hall–Kier alpha value is -1.67. The zero-order valence-electron chi connectivity index (χ0n) is 7.54. The summed E-state index contributed by atoms with van der Waals surface area (Å²) in [7, 11) is 0. The fourth-order valence-electron chi connectivity index (χ4n) is 0.554. The van der Waals surface area contributed by atoms with Crippen LogP contribution >= 0.6 is 24.4 Å². The Labute approximate surface area is 104 Å². The normalized spacial score (nSPS) is 7.50. The Morgan fingerprint density at radius 1 is 1.31 bits per heavy atom. The van der Waals surface area contributed by atoms with E-state index in [4.69, 9.17) is 10.2 Å². The number of anilines is 1. The first kappa shape index (κ1) is 16.7. The summed E-state index contributed by atoms with van der Waals surface area (Å²) >= 11 is 8.22. The molecule has 0 saturated heterocycles. The van der Waals surface area contributed by atoms with Gasteiger partial charge in [-0.25, -0.2) is 4.98 Å². The molecule has 0 radical (unpaired) electrons. The molecule has 0 saturated carbocycles. The van der Waals surface area contributed by atoms with Gasteiger partial charge in [0.15, 0.2) is 0 Å². The number of nitrogens with zero attached hydrogens (tertiary/aromatic N) is 1. The van der Waals surface area contributed by atoms with Gasteiger partial charge in [-0.15, -0.1) is 0 Å². The molecule has 0 aliphatic heterocycles. The summed E-state index contributed by atoms with van der Waals surface area (Å²) in [4.78, 5) is 3.91. The number of aliphatic hydroxyl groups is 2. The van der Waals surface area contributed by atoms with Gasteiger partial charge >= 0.3 is 0 Å². The molecule has 0 aliphatic carbocycles. The van der Waals surface area contributed by atoms with E-state index >= 15 is 0 Å². The summed E-state index contributed by atoms with van der Waals surface area (Å²) in [6.07, 6.45) is 1.63. The Morgan fingerprint density at radius 2 is 1.88 bits per heavy atom. The highest BCUT2D eigenvalue weighted by molar-refractivity contribution is 7.80. The van der Waals surface area contributed by atoms with Crippen molar-refractivity contribution < 1.29 is 10.2 Å². The second-order valence-electron chi connectivity index (χ2n) is 2.11. The number of nitrogens with two attached hydrogens (primary N) is 1. The summed E-state index contributed by atoms with van der Waals surface area (Å²) in [6, 6.07) is 5.35. The van der Waals surface area contributed by atoms with Crippen LogP contribution in [-0.4, -0.2) is 25.5 Å². The van der Waals surface area contributed by atoms with Crippen molar-refractivity contribution in [1.29, 1.82) is 0 Å². The van der Waals surface area contributed by atoms with Crippen LogP contribution in [-0.2, 0) is 0 Å². The zero-order chi connectivity index (χ0) is 11.7. The van der Waals surface area contributed by atoms with Crippen molar-refractivity contribution in [2.45, 2.75) is 7.43 Å². The molecule has 6 nitrogen and oxygen atoms in total. The van der Waals surface area contributed by atoms with Crippen LogP contribution in [0.3, 0.4) is 0 Å². The Balaban J connectivity index is 0. The first-order chi connectivity index (χ1) is 7.02. The Bertz CT molecular complexity index is 317. The lowest BCUT2D eigenvalue weighted by Crippen LogP contribution is -2.27. The van der Waals surface area contributed by atoms with E-state index in [0.29, 0.717) is 5.82 Å². The Morgan fingerprint density at radius 3 is 2.25 bits per heavy atom. The number of hydrogen-bond donors (Lipinski definition) is 5. The average molecular weight is 262 g/mol. The van der Waals surface area contributed by atoms with E-state index in [1.807, 2.05) is 6.07 Å². The number of hydrogen-bond acceptors (Lipinski definition) is 4. The van der Waals surface area contributed by atoms with Gasteiger partial charge < -0.3 is 15.9 Å². The largest absolute Gasteiger partial charge is 0.487 e. The molecule has 0 amide bonds. The van der Waals surface area contributed by atoms with Gasteiger partial charge in [-0.05, 0) is 36.6 Å². The molecule has 0 spiro atoms. The highest BCUT2D eigenvalue weighted by atomic mass is 32.1. The molecule has 0 unspecified atom stereocenters. The van der Waals surface area contributed by atoms with Crippen LogP contribution in [0.4, 0.5) is 5.82 Å². The second kappa shape index (κ2) is 9.87. The van der Waals surface area contributed by atoms with Crippen molar-refractivity contribution in [3.05, 3.63) is 24.4 Å². The smallest absolute Gasteiger partial charge is 0.273 e. The van der Waals surface area contributed by atoms with E-state index in [1.54, 1.807) is 18.3 Å². The topological polar surface area (TPSA) is 103 Å². The van der Waals surface area contributed by atoms with E-state index in [9.17, 15) is 0 Å². The minimum absolute atomic E-state index is 0. The third kappa shape index (κ3) is 12.3. The SMILES string of the molecule is C.NC(O)=S.OC(=S)NNc1ccccn1. The fourth-order valence-corrected chi connectivity index (χ4v) is 0.605. The van der Waals surface area contributed by atoms with Crippen molar-refractivity contribution in [3.63, 3.8) is 0 Å². The molecule has 1 rings (SSSR count). The van der Waals surface area contributed by atoms with Crippen LogP contribution in [0.2, 0.25) is 0 Å². The molecule has 6 N–H and O–H groups in total. The number of thiocarbonyl (C=S) groups is 2. The molecule has 0 atom stereocenters. The second-order valence-corrected chi connectivity index (χ2v) is 2.91. The molecule has 0 bridgehead atoms. The lowest BCUT2D eigenvalue weighted by molar-refractivity contribution is 0.541.